The van der Waals surface area contributed by atoms with Crippen molar-refractivity contribution >= 4 is 13.7 Å². The highest BCUT2D eigenvalue weighted by Crippen LogP contribution is 2.43. The van der Waals surface area contributed by atoms with Crippen molar-refractivity contribution in [2.24, 2.45) is 0 Å². The lowest BCUT2D eigenvalue weighted by Gasteiger charge is -2.25. The van der Waals surface area contributed by atoms with Gasteiger partial charge in [0.25, 0.3) is 0 Å². The topological polar surface area (TPSA) is 105 Å². The molecule has 0 saturated carbocycles. The van der Waals surface area contributed by atoms with Gasteiger partial charge in [-0.05, 0) is 32.1 Å². The summed E-state index contributed by atoms with van der Waals surface area (Å²) in [5, 5.41) is 14.0. The Bertz CT molecular complexity index is 1500. The molecule has 0 radical (unpaired) electrons. The quantitative estimate of drug-likeness (QED) is 0.0243. The molecule has 530 valence electrons. The normalized spacial score (nSPS) is 13.6. The van der Waals surface area contributed by atoms with Gasteiger partial charge in [0, 0.05) is 6.42 Å². The molecule has 0 aliphatic carbocycles. The van der Waals surface area contributed by atoms with Crippen LogP contribution in [0.15, 0.2) is 24.3 Å². The molecule has 0 aliphatic heterocycles. The minimum atomic E-state index is -4.36. The number of aliphatic hydroxyl groups is 1. The number of nitrogens with zero attached hydrogens (tertiary/aromatic N) is 1. The molecule has 0 saturated heterocycles. The van der Waals surface area contributed by atoms with E-state index in [1.807, 2.05) is 27.2 Å². The van der Waals surface area contributed by atoms with E-state index in [1.54, 1.807) is 6.08 Å². The minimum absolute atomic E-state index is 0.0592. The highest BCUT2D eigenvalue weighted by atomic mass is 31.2. The molecule has 0 fully saturated rings. The van der Waals surface area contributed by atoms with Crippen molar-refractivity contribution in [3.63, 3.8) is 0 Å². The monoisotopic (exact) mass is 1280 g/mol. The molecule has 3 unspecified atom stereocenters. The molecule has 9 heteroatoms. The molecule has 89 heavy (non-hydrogen) atoms. The number of rotatable bonds is 76. The van der Waals surface area contributed by atoms with Crippen molar-refractivity contribution in [2.45, 2.75) is 443 Å². The number of carbonyl (C=O) groups excluding carboxylic acids is 1. The molecule has 0 rings (SSSR count). The number of phosphoric acid groups is 1. The molecule has 0 aromatic heterocycles. The predicted octanol–water partition coefficient (Wildman–Crippen LogP) is 26.2. The van der Waals surface area contributed by atoms with Crippen LogP contribution in [0.25, 0.3) is 0 Å². The van der Waals surface area contributed by atoms with Crippen molar-refractivity contribution in [1.29, 1.82) is 0 Å². The summed E-state index contributed by atoms with van der Waals surface area (Å²) in [5.74, 6) is -0.176. The zero-order valence-corrected chi connectivity index (χ0v) is 61.9. The first-order chi connectivity index (χ1) is 43.5. The predicted molar refractivity (Wildman–Crippen MR) is 392 cm³/mol. The Balaban J connectivity index is 3.95. The molecule has 1 amide bonds. The Kier molecular flexibility index (Phi) is 70.5. The van der Waals surface area contributed by atoms with Gasteiger partial charge in [-0.3, -0.25) is 13.8 Å². The lowest BCUT2D eigenvalue weighted by molar-refractivity contribution is -0.870. The third kappa shape index (κ3) is 74.2. The largest absolute Gasteiger partial charge is 0.472 e. The number of carbonyl (C=O) groups is 1. The summed E-state index contributed by atoms with van der Waals surface area (Å²) in [6.07, 6.45) is 95.4. The first-order valence-corrected chi connectivity index (χ1v) is 41.7. The first-order valence-electron chi connectivity index (χ1n) is 40.2. The lowest BCUT2D eigenvalue weighted by Crippen LogP contribution is -2.45. The van der Waals surface area contributed by atoms with E-state index in [-0.39, 0.29) is 19.1 Å². The molecule has 0 spiro atoms. The third-order valence-electron chi connectivity index (χ3n) is 18.9. The highest BCUT2D eigenvalue weighted by Gasteiger charge is 2.28. The standard InChI is InChI=1S/C80H159N2O6P/c1-6-8-10-12-14-16-18-20-22-24-26-28-30-32-34-36-38-39-40-41-42-43-44-46-48-50-52-54-56-58-60-62-64-66-68-70-72-74-80(84)81-78(77-88-89(85,86)87-76-75-82(3,4)5)79(83)73-71-69-67-65-63-61-59-57-55-53-51-49-47-45-37-35-33-31-29-27-25-23-21-19-17-15-13-11-9-7-2/h63,65,71,73,78-79,83H,6-62,64,66-70,72,74-77H2,1-5H3,(H-,81,84,85,86)/p+1/b65-63+,73-71+. The van der Waals surface area contributed by atoms with E-state index in [4.69, 9.17) is 9.05 Å². The number of nitrogens with one attached hydrogen (secondary N) is 1. The second-order valence-corrected chi connectivity index (χ2v) is 30.6. The Morgan fingerprint density at radius 1 is 0.371 bits per heavy atom. The summed E-state index contributed by atoms with van der Waals surface area (Å²) in [6.45, 7) is 4.87. The molecule has 0 aromatic carbocycles. The summed E-state index contributed by atoms with van der Waals surface area (Å²) in [6, 6.07) is -0.863. The van der Waals surface area contributed by atoms with Crippen molar-refractivity contribution in [3.05, 3.63) is 24.3 Å². The van der Waals surface area contributed by atoms with Crippen molar-refractivity contribution < 1.29 is 32.9 Å². The molecule has 0 heterocycles. The number of likely N-dealkylation sites (N-methyl/N-ethyl adjacent to an activating group) is 1. The third-order valence-corrected chi connectivity index (χ3v) is 19.9. The van der Waals surface area contributed by atoms with Crippen LogP contribution in [-0.4, -0.2) is 73.4 Å². The molecular weight excluding hydrogens is 1120 g/mol. The fraction of sp³-hybridized carbons (Fsp3) is 0.938. The molecule has 8 nitrogen and oxygen atoms in total. The van der Waals surface area contributed by atoms with E-state index in [0.717, 1.165) is 38.5 Å². The smallest absolute Gasteiger partial charge is 0.387 e. The maximum Gasteiger partial charge on any atom is 0.472 e. The first kappa shape index (κ1) is 88.0. The van der Waals surface area contributed by atoms with Gasteiger partial charge in [-0.25, -0.2) is 4.57 Å². The highest BCUT2D eigenvalue weighted by molar-refractivity contribution is 7.47. The lowest BCUT2D eigenvalue weighted by atomic mass is 10.0. The molecule has 3 N–H and O–H groups in total. The van der Waals surface area contributed by atoms with Crippen LogP contribution in [0.1, 0.15) is 431 Å². The molecular formula is C80H160N2O6P+. The van der Waals surface area contributed by atoms with E-state index in [1.165, 1.54) is 372 Å². The Hall–Kier alpha value is -1.02. The van der Waals surface area contributed by atoms with Gasteiger partial charge in [0.2, 0.25) is 5.91 Å². The van der Waals surface area contributed by atoms with E-state index in [0.29, 0.717) is 17.4 Å². The van der Waals surface area contributed by atoms with Gasteiger partial charge >= 0.3 is 7.82 Å². The number of hydrogen-bond donors (Lipinski definition) is 3. The number of unbranched alkanes of at least 4 members (excludes halogenated alkanes) is 61. The fourth-order valence-electron chi connectivity index (χ4n) is 12.7. The van der Waals surface area contributed by atoms with Gasteiger partial charge in [-0.15, -0.1) is 0 Å². The minimum Gasteiger partial charge on any atom is -0.387 e. The van der Waals surface area contributed by atoms with Gasteiger partial charge in [0.15, 0.2) is 0 Å². The summed E-state index contributed by atoms with van der Waals surface area (Å²) >= 11 is 0. The summed E-state index contributed by atoms with van der Waals surface area (Å²) in [7, 11) is 1.58. The Morgan fingerprint density at radius 2 is 0.618 bits per heavy atom. The zero-order valence-electron chi connectivity index (χ0n) is 61.0. The summed E-state index contributed by atoms with van der Waals surface area (Å²) in [5.41, 5.74) is 0. The van der Waals surface area contributed by atoms with Gasteiger partial charge in [-0.2, -0.15) is 0 Å². The van der Waals surface area contributed by atoms with E-state index < -0.39 is 20.0 Å². The number of amides is 1. The Labute approximate surface area is 557 Å². The van der Waals surface area contributed by atoms with Crippen molar-refractivity contribution in [2.75, 3.05) is 40.9 Å². The van der Waals surface area contributed by atoms with Crippen LogP contribution in [0, 0.1) is 0 Å². The zero-order chi connectivity index (χ0) is 64.8. The second kappa shape index (κ2) is 71.3. The molecule has 0 aliphatic rings. The number of phosphoric ester groups is 1. The number of hydrogen-bond acceptors (Lipinski definition) is 5. The van der Waals surface area contributed by atoms with Crippen molar-refractivity contribution in [3.8, 4) is 0 Å². The number of allylic oxidation sites excluding steroid dienone is 3. The van der Waals surface area contributed by atoms with E-state index >= 15 is 0 Å². The fourth-order valence-corrected chi connectivity index (χ4v) is 13.5. The average Bonchev–Trinajstić information content (AvgIpc) is 3.68. The van der Waals surface area contributed by atoms with Gasteiger partial charge in [-0.1, -0.05) is 417 Å². The number of aliphatic hydroxyl groups excluding tert-OH is 1. The van der Waals surface area contributed by atoms with Gasteiger partial charge in [0.05, 0.1) is 39.9 Å². The SMILES string of the molecule is CCCCCCCCCCCCCCCCCCCCCCCCCC/C=C/CC/C=C/C(O)C(COP(=O)(O)OCC[N+](C)(C)C)NC(=O)CCCCCCCCCCCCCCCCCCCCCCCCCCCCCCCCCCCCCCC. The molecule has 3 atom stereocenters. The molecule has 0 bridgehead atoms. The van der Waals surface area contributed by atoms with Crippen molar-refractivity contribution in [1.82, 2.24) is 5.32 Å². The van der Waals surface area contributed by atoms with Crippen LogP contribution in [0.3, 0.4) is 0 Å². The molecule has 0 aromatic rings. The summed E-state index contributed by atoms with van der Waals surface area (Å²) < 4.78 is 23.9. The second-order valence-electron chi connectivity index (χ2n) is 29.2. The maximum absolute atomic E-state index is 13.1. The van der Waals surface area contributed by atoms with Crippen LogP contribution in [-0.2, 0) is 18.4 Å². The maximum atomic E-state index is 13.1. The van der Waals surface area contributed by atoms with E-state index in [2.05, 4.69) is 31.3 Å². The van der Waals surface area contributed by atoms with Crippen LogP contribution >= 0.6 is 7.82 Å². The van der Waals surface area contributed by atoms with Crippen LogP contribution < -0.4 is 5.32 Å². The number of quaternary nitrogens is 1. The Morgan fingerprint density at radius 3 is 0.899 bits per heavy atom. The van der Waals surface area contributed by atoms with Crippen LogP contribution in [0.2, 0.25) is 0 Å². The van der Waals surface area contributed by atoms with Gasteiger partial charge < -0.3 is 19.8 Å². The average molecular weight is 1280 g/mol. The van der Waals surface area contributed by atoms with Crippen LogP contribution in [0.5, 0.6) is 0 Å². The van der Waals surface area contributed by atoms with Gasteiger partial charge in [0.1, 0.15) is 13.2 Å². The van der Waals surface area contributed by atoms with E-state index in [9.17, 15) is 19.4 Å². The summed E-state index contributed by atoms with van der Waals surface area (Å²) in [4.78, 5) is 23.5. The van der Waals surface area contributed by atoms with Crippen LogP contribution in [0.4, 0.5) is 0 Å².